The summed E-state index contributed by atoms with van der Waals surface area (Å²) in [7, 11) is 0. The fourth-order valence-electron chi connectivity index (χ4n) is 3.04. The predicted molar refractivity (Wildman–Crippen MR) is 79.1 cm³/mol. The van der Waals surface area contributed by atoms with Crippen LogP contribution in [-0.4, -0.2) is 43.5 Å². The van der Waals surface area contributed by atoms with Gasteiger partial charge in [-0.05, 0) is 24.5 Å². The molecular formula is C16H24N2O2. The van der Waals surface area contributed by atoms with Gasteiger partial charge in [-0.1, -0.05) is 19.9 Å². The first-order valence-corrected chi connectivity index (χ1v) is 7.59. The van der Waals surface area contributed by atoms with E-state index in [1.165, 1.54) is 5.69 Å². The Bertz CT molecular complexity index is 456. The van der Waals surface area contributed by atoms with E-state index in [0.717, 1.165) is 51.6 Å². The summed E-state index contributed by atoms with van der Waals surface area (Å²) in [6.45, 7) is 8.57. The number of rotatable bonds is 3. The summed E-state index contributed by atoms with van der Waals surface area (Å²) >= 11 is 0. The third-order valence-electron chi connectivity index (χ3n) is 4.05. The zero-order valence-corrected chi connectivity index (χ0v) is 12.5. The molecule has 110 valence electrons. The number of anilines is 1. The van der Waals surface area contributed by atoms with Crippen LogP contribution >= 0.6 is 0 Å². The van der Waals surface area contributed by atoms with Gasteiger partial charge in [-0.2, -0.15) is 0 Å². The normalized spacial score (nSPS) is 26.6. The molecular weight excluding hydrogens is 252 g/mol. The smallest absolute Gasteiger partial charge is 0.128 e. The molecule has 0 aliphatic carbocycles. The van der Waals surface area contributed by atoms with E-state index in [-0.39, 0.29) is 5.60 Å². The van der Waals surface area contributed by atoms with Crippen molar-refractivity contribution in [2.75, 3.05) is 37.8 Å². The van der Waals surface area contributed by atoms with Gasteiger partial charge in [-0.3, -0.25) is 0 Å². The van der Waals surface area contributed by atoms with Gasteiger partial charge >= 0.3 is 0 Å². The summed E-state index contributed by atoms with van der Waals surface area (Å²) in [5, 5.41) is 0. The quantitative estimate of drug-likeness (QED) is 0.848. The predicted octanol–water partition coefficient (Wildman–Crippen LogP) is 2.28. The molecule has 0 N–H and O–H groups in total. The Morgan fingerprint density at radius 2 is 2.25 bits per heavy atom. The molecule has 0 unspecified atom stereocenters. The van der Waals surface area contributed by atoms with E-state index in [2.05, 4.69) is 36.9 Å². The third-order valence-corrected chi connectivity index (χ3v) is 4.05. The van der Waals surface area contributed by atoms with Gasteiger partial charge in [0.05, 0.1) is 19.8 Å². The largest absolute Gasteiger partial charge is 0.378 e. The number of aromatic nitrogens is 1. The van der Waals surface area contributed by atoms with E-state index < -0.39 is 0 Å². The Kier molecular flexibility index (Phi) is 3.94. The molecule has 2 saturated heterocycles. The van der Waals surface area contributed by atoms with Crippen molar-refractivity contribution in [3.63, 3.8) is 0 Å². The number of hydrogen-bond acceptors (Lipinski definition) is 4. The topological polar surface area (TPSA) is 34.6 Å². The molecule has 0 aromatic carbocycles. The minimum atomic E-state index is -0.103. The summed E-state index contributed by atoms with van der Waals surface area (Å²) in [6.07, 6.45) is 2.03. The zero-order chi connectivity index (χ0) is 14.0. The number of pyridine rings is 1. The van der Waals surface area contributed by atoms with Gasteiger partial charge in [0.15, 0.2) is 0 Å². The van der Waals surface area contributed by atoms with Gasteiger partial charge in [-0.15, -0.1) is 0 Å². The maximum Gasteiger partial charge on any atom is 0.128 e. The number of hydrogen-bond donors (Lipinski definition) is 0. The van der Waals surface area contributed by atoms with E-state index in [1.54, 1.807) is 0 Å². The van der Waals surface area contributed by atoms with Crippen LogP contribution in [0.2, 0.25) is 0 Å². The molecule has 1 aromatic heterocycles. The summed E-state index contributed by atoms with van der Waals surface area (Å²) in [4.78, 5) is 7.17. The Morgan fingerprint density at radius 3 is 3.00 bits per heavy atom. The maximum absolute atomic E-state index is 5.98. The number of ether oxygens (including phenoxy) is 2. The highest BCUT2D eigenvalue weighted by Gasteiger charge is 2.40. The van der Waals surface area contributed by atoms with Crippen LogP contribution in [0.1, 0.15) is 26.0 Å². The third kappa shape index (κ3) is 2.96. The Morgan fingerprint density at radius 1 is 1.35 bits per heavy atom. The summed E-state index contributed by atoms with van der Waals surface area (Å²) in [5.41, 5.74) is 1.08. The Balaban J connectivity index is 1.74. The van der Waals surface area contributed by atoms with E-state index in [0.29, 0.717) is 5.92 Å². The molecule has 1 atom stereocenters. The van der Waals surface area contributed by atoms with Gasteiger partial charge in [0.25, 0.3) is 0 Å². The lowest BCUT2D eigenvalue weighted by atomic mass is 10.0. The van der Waals surface area contributed by atoms with Crippen molar-refractivity contribution in [1.82, 2.24) is 4.98 Å². The van der Waals surface area contributed by atoms with Crippen LogP contribution in [0.4, 0.5) is 5.82 Å². The molecule has 20 heavy (non-hydrogen) atoms. The van der Waals surface area contributed by atoms with Gasteiger partial charge in [0, 0.05) is 25.3 Å². The molecule has 0 radical (unpaired) electrons. The number of morpholine rings is 1. The summed E-state index contributed by atoms with van der Waals surface area (Å²) in [6, 6.07) is 6.35. The molecule has 2 aliphatic heterocycles. The van der Waals surface area contributed by atoms with E-state index >= 15 is 0 Å². The van der Waals surface area contributed by atoms with Crippen LogP contribution < -0.4 is 4.90 Å². The van der Waals surface area contributed by atoms with Crippen LogP contribution in [0.5, 0.6) is 0 Å². The fraction of sp³-hybridized carbons (Fsp3) is 0.688. The second kappa shape index (κ2) is 5.70. The van der Waals surface area contributed by atoms with Crippen molar-refractivity contribution in [2.24, 2.45) is 5.92 Å². The van der Waals surface area contributed by atoms with Crippen molar-refractivity contribution in [2.45, 2.75) is 32.3 Å². The van der Waals surface area contributed by atoms with E-state index in [4.69, 9.17) is 14.5 Å². The van der Waals surface area contributed by atoms with Crippen LogP contribution in [0, 0.1) is 5.92 Å². The highest BCUT2D eigenvalue weighted by atomic mass is 16.6. The monoisotopic (exact) mass is 276 g/mol. The maximum atomic E-state index is 5.98. The van der Waals surface area contributed by atoms with Crippen LogP contribution in [0.15, 0.2) is 18.2 Å². The second-order valence-electron chi connectivity index (χ2n) is 6.34. The summed E-state index contributed by atoms with van der Waals surface area (Å²) in [5.74, 6) is 1.72. The molecule has 2 fully saturated rings. The molecule has 0 bridgehead atoms. The Hall–Kier alpha value is -1.13. The lowest BCUT2D eigenvalue weighted by Crippen LogP contribution is -2.52. The minimum Gasteiger partial charge on any atom is -0.378 e. The molecule has 0 saturated carbocycles. The lowest BCUT2D eigenvalue weighted by Gasteiger charge is -2.40. The standard InChI is InChI=1S/C16H24N2O2/c1-13(2)10-14-4-3-5-15(17-14)18-7-9-20-16(11-18)6-8-19-12-16/h3-5,13H,6-12H2,1-2H3/t16-/m0/s1. The molecule has 0 amide bonds. The molecule has 3 rings (SSSR count). The second-order valence-corrected chi connectivity index (χ2v) is 6.34. The molecule has 3 heterocycles. The van der Waals surface area contributed by atoms with Crippen LogP contribution in [0.25, 0.3) is 0 Å². The van der Waals surface area contributed by atoms with Crippen molar-refractivity contribution in [3.05, 3.63) is 23.9 Å². The van der Waals surface area contributed by atoms with Gasteiger partial charge in [0.1, 0.15) is 11.4 Å². The van der Waals surface area contributed by atoms with Gasteiger partial charge in [-0.25, -0.2) is 4.98 Å². The van der Waals surface area contributed by atoms with Gasteiger partial charge in [0.2, 0.25) is 0 Å². The molecule has 1 spiro atoms. The van der Waals surface area contributed by atoms with Crippen LogP contribution in [0.3, 0.4) is 0 Å². The minimum absolute atomic E-state index is 0.103. The van der Waals surface area contributed by atoms with Crippen molar-refractivity contribution in [3.8, 4) is 0 Å². The van der Waals surface area contributed by atoms with E-state index in [1.807, 2.05) is 0 Å². The van der Waals surface area contributed by atoms with E-state index in [9.17, 15) is 0 Å². The first-order chi connectivity index (χ1) is 9.67. The van der Waals surface area contributed by atoms with Crippen LogP contribution in [-0.2, 0) is 15.9 Å². The zero-order valence-electron chi connectivity index (χ0n) is 12.5. The van der Waals surface area contributed by atoms with Crippen molar-refractivity contribution >= 4 is 5.82 Å². The number of nitrogens with zero attached hydrogens (tertiary/aromatic N) is 2. The Labute approximate surface area is 121 Å². The SMILES string of the molecule is CC(C)Cc1cccc(N2CCO[C@@]3(CCOC3)C2)n1. The molecule has 4 nitrogen and oxygen atoms in total. The lowest BCUT2D eigenvalue weighted by molar-refractivity contribution is -0.0581. The molecule has 2 aliphatic rings. The van der Waals surface area contributed by atoms with Crippen molar-refractivity contribution in [1.29, 1.82) is 0 Å². The summed E-state index contributed by atoms with van der Waals surface area (Å²) < 4.78 is 11.5. The highest BCUT2D eigenvalue weighted by Crippen LogP contribution is 2.29. The van der Waals surface area contributed by atoms with Crippen molar-refractivity contribution < 1.29 is 9.47 Å². The fourth-order valence-corrected chi connectivity index (χ4v) is 3.04. The first-order valence-electron chi connectivity index (χ1n) is 7.59. The first kappa shape index (κ1) is 13.8. The average molecular weight is 276 g/mol. The molecule has 4 heteroatoms. The average Bonchev–Trinajstić information content (AvgIpc) is 2.86. The highest BCUT2D eigenvalue weighted by molar-refractivity contribution is 5.40. The van der Waals surface area contributed by atoms with Gasteiger partial charge < -0.3 is 14.4 Å². The molecule has 1 aromatic rings.